The summed E-state index contributed by atoms with van der Waals surface area (Å²) in [5.41, 5.74) is 2.87. The van der Waals surface area contributed by atoms with E-state index in [9.17, 15) is 17.6 Å². The molecule has 0 spiro atoms. The molecule has 1 heterocycles. The van der Waals surface area contributed by atoms with Gasteiger partial charge in [-0.3, -0.25) is 9.52 Å². The number of anilines is 2. The molecule has 1 atom stereocenters. The van der Waals surface area contributed by atoms with Crippen LogP contribution >= 0.6 is 0 Å². The second kappa shape index (κ2) is 8.63. The fourth-order valence-corrected chi connectivity index (χ4v) is 4.98. The second-order valence-electron chi connectivity index (χ2n) is 7.77. The molecule has 0 saturated carbocycles. The molecule has 1 aliphatic heterocycles. The summed E-state index contributed by atoms with van der Waals surface area (Å²) in [6, 6.07) is 17.3. The van der Waals surface area contributed by atoms with Crippen molar-refractivity contribution in [3.63, 3.8) is 0 Å². The van der Waals surface area contributed by atoms with E-state index in [1.807, 2.05) is 31.2 Å². The van der Waals surface area contributed by atoms with Gasteiger partial charge in [-0.05, 0) is 79.9 Å². The molecule has 1 amide bonds. The van der Waals surface area contributed by atoms with Crippen molar-refractivity contribution < 1.29 is 22.3 Å². The smallest absolute Gasteiger partial charge is 0.265 e. The molecule has 6 nitrogen and oxygen atoms in total. The Bertz CT molecular complexity index is 1260. The van der Waals surface area contributed by atoms with Crippen LogP contribution in [0.3, 0.4) is 0 Å². The molecule has 0 radical (unpaired) electrons. The molecule has 0 fully saturated rings. The number of aryl methyl sites for hydroxylation is 1. The van der Waals surface area contributed by atoms with Crippen LogP contribution in [-0.4, -0.2) is 27.0 Å². The zero-order valence-corrected chi connectivity index (χ0v) is 18.5. The van der Waals surface area contributed by atoms with E-state index in [4.69, 9.17) is 4.74 Å². The highest BCUT2D eigenvalue weighted by Crippen LogP contribution is 2.32. The summed E-state index contributed by atoms with van der Waals surface area (Å²) in [6.45, 7) is 3.56. The van der Waals surface area contributed by atoms with Gasteiger partial charge in [0.05, 0.1) is 4.90 Å². The molecule has 1 aliphatic rings. The minimum atomic E-state index is -3.85. The van der Waals surface area contributed by atoms with E-state index in [1.54, 1.807) is 11.8 Å². The van der Waals surface area contributed by atoms with Gasteiger partial charge in [0.25, 0.3) is 15.9 Å². The highest BCUT2D eigenvalue weighted by molar-refractivity contribution is 7.92. The normalized spacial score (nSPS) is 15.3. The van der Waals surface area contributed by atoms with Gasteiger partial charge in [0.15, 0.2) is 6.61 Å². The van der Waals surface area contributed by atoms with Crippen LogP contribution in [0.2, 0.25) is 0 Å². The van der Waals surface area contributed by atoms with Crippen LogP contribution < -0.4 is 14.4 Å². The second-order valence-corrected chi connectivity index (χ2v) is 9.46. The van der Waals surface area contributed by atoms with Crippen LogP contribution in [0.4, 0.5) is 15.8 Å². The van der Waals surface area contributed by atoms with E-state index in [0.29, 0.717) is 11.3 Å². The Hall–Kier alpha value is -3.39. The van der Waals surface area contributed by atoms with Crippen LogP contribution in [0.5, 0.6) is 5.75 Å². The summed E-state index contributed by atoms with van der Waals surface area (Å²) in [5, 5.41) is 0. The van der Waals surface area contributed by atoms with Gasteiger partial charge in [0.1, 0.15) is 11.6 Å². The summed E-state index contributed by atoms with van der Waals surface area (Å²) < 4.78 is 46.5. The van der Waals surface area contributed by atoms with Gasteiger partial charge in [-0.1, -0.05) is 18.2 Å². The third-order valence-electron chi connectivity index (χ3n) is 5.38. The number of carbonyl (C=O) groups excluding carboxylic acids is 1. The number of benzene rings is 3. The monoisotopic (exact) mass is 454 g/mol. The Morgan fingerprint density at radius 1 is 1.12 bits per heavy atom. The van der Waals surface area contributed by atoms with Crippen molar-refractivity contribution >= 4 is 27.3 Å². The minimum absolute atomic E-state index is 0.0418. The molecule has 0 aromatic heterocycles. The molecule has 3 aromatic rings. The number of nitrogens with one attached hydrogen (secondary N) is 1. The first-order valence-electron chi connectivity index (χ1n) is 10.2. The number of hydrogen-bond donors (Lipinski definition) is 1. The maximum atomic E-state index is 13.0. The zero-order chi connectivity index (χ0) is 22.9. The predicted octanol–water partition coefficient (Wildman–Crippen LogP) is 4.29. The zero-order valence-electron chi connectivity index (χ0n) is 17.7. The fourth-order valence-electron chi connectivity index (χ4n) is 3.84. The van der Waals surface area contributed by atoms with Crippen molar-refractivity contribution in [3.05, 3.63) is 83.7 Å². The molecular weight excluding hydrogens is 431 g/mol. The first-order valence-corrected chi connectivity index (χ1v) is 11.6. The van der Waals surface area contributed by atoms with Crippen LogP contribution in [0.25, 0.3) is 0 Å². The predicted molar refractivity (Wildman–Crippen MR) is 121 cm³/mol. The number of ether oxygens (including phenoxy) is 1. The lowest BCUT2D eigenvalue weighted by atomic mass is 10.1. The molecule has 1 N–H and O–H groups in total. The summed E-state index contributed by atoms with van der Waals surface area (Å²) >= 11 is 0. The van der Waals surface area contributed by atoms with Crippen LogP contribution in [-0.2, 0) is 21.2 Å². The van der Waals surface area contributed by atoms with Gasteiger partial charge in [-0.25, -0.2) is 12.8 Å². The molecule has 166 valence electrons. The van der Waals surface area contributed by atoms with Gasteiger partial charge in [0.2, 0.25) is 0 Å². The van der Waals surface area contributed by atoms with Crippen molar-refractivity contribution in [1.82, 2.24) is 0 Å². The molecular formula is C24H23FN2O4S. The van der Waals surface area contributed by atoms with E-state index in [1.165, 1.54) is 42.5 Å². The number of amides is 1. The fraction of sp³-hybridized carbons (Fsp3) is 0.208. The maximum Gasteiger partial charge on any atom is 0.265 e. The molecule has 0 bridgehead atoms. The van der Waals surface area contributed by atoms with Crippen molar-refractivity contribution in [2.75, 3.05) is 16.2 Å². The van der Waals surface area contributed by atoms with Crippen molar-refractivity contribution in [2.45, 2.75) is 31.2 Å². The Morgan fingerprint density at radius 3 is 2.56 bits per heavy atom. The van der Waals surface area contributed by atoms with Gasteiger partial charge >= 0.3 is 0 Å². The Kier molecular flexibility index (Phi) is 5.88. The third-order valence-corrected chi connectivity index (χ3v) is 6.76. The Balaban J connectivity index is 1.45. The number of carbonyl (C=O) groups is 1. The number of fused-ring (bicyclic) bond motifs is 1. The van der Waals surface area contributed by atoms with Gasteiger partial charge in [-0.2, -0.15) is 0 Å². The summed E-state index contributed by atoms with van der Waals surface area (Å²) in [7, 11) is -3.85. The SMILES string of the molecule is Cc1cc(S(=O)(=O)Nc2ccc(F)cc2)ccc1OCC(=O)N1c2ccccc2CC1C. The van der Waals surface area contributed by atoms with Crippen molar-refractivity contribution in [2.24, 2.45) is 0 Å². The quantitative estimate of drug-likeness (QED) is 0.603. The van der Waals surface area contributed by atoms with Gasteiger partial charge in [-0.15, -0.1) is 0 Å². The number of para-hydroxylation sites is 1. The van der Waals surface area contributed by atoms with Gasteiger partial charge in [0, 0.05) is 17.4 Å². The lowest BCUT2D eigenvalue weighted by Gasteiger charge is -2.23. The molecule has 4 rings (SSSR count). The third kappa shape index (κ3) is 4.45. The summed E-state index contributed by atoms with van der Waals surface area (Å²) in [5.74, 6) is -0.178. The van der Waals surface area contributed by atoms with Crippen molar-refractivity contribution in [1.29, 1.82) is 0 Å². The molecule has 1 unspecified atom stereocenters. The average Bonchev–Trinajstić information content (AvgIpc) is 3.10. The molecule has 0 saturated heterocycles. The van der Waals surface area contributed by atoms with Crippen LogP contribution in [0.1, 0.15) is 18.1 Å². The summed E-state index contributed by atoms with van der Waals surface area (Å²) in [4.78, 5) is 14.6. The molecule has 32 heavy (non-hydrogen) atoms. The first kappa shape index (κ1) is 21.8. The van der Waals surface area contributed by atoms with Crippen LogP contribution in [0.15, 0.2) is 71.6 Å². The lowest BCUT2D eigenvalue weighted by molar-refractivity contribution is -0.120. The number of nitrogens with zero attached hydrogens (tertiary/aromatic N) is 1. The number of halogens is 1. The van der Waals surface area contributed by atoms with E-state index in [-0.39, 0.29) is 29.1 Å². The largest absolute Gasteiger partial charge is 0.483 e. The van der Waals surface area contributed by atoms with E-state index >= 15 is 0 Å². The van der Waals surface area contributed by atoms with Crippen LogP contribution in [0, 0.1) is 12.7 Å². The van der Waals surface area contributed by atoms with E-state index in [2.05, 4.69) is 4.72 Å². The highest BCUT2D eigenvalue weighted by Gasteiger charge is 2.30. The van der Waals surface area contributed by atoms with Crippen molar-refractivity contribution in [3.8, 4) is 5.75 Å². The number of rotatable bonds is 6. The van der Waals surface area contributed by atoms with Gasteiger partial charge < -0.3 is 9.64 Å². The van der Waals surface area contributed by atoms with E-state index in [0.717, 1.165) is 17.7 Å². The number of hydrogen-bond acceptors (Lipinski definition) is 4. The average molecular weight is 455 g/mol. The topological polar surface area (TPSA) is 75.7 Å². The molecule has 0 aliphatic carbocycles. The maximum absolute atomic E-state index is 13.0. The minimum Gasteiger partial charge on any atom is -0.483 e. The lowest BCUT2D eigenvalue weighted by Crippen LogP contribution is -2.39. The standard InChI is InChI=1S/C24H23FN2O4S/c1-16-13-21(32(29,30)26-20-9-7-19(25)8-10-20)11-12-23(16)31-15-24(28)27-17(2)14-18-5-3-4-6-22(18)27/h3-13,17,26H,14-15H2,1-2H3. The molecule has 3 aromatic carbocycles. The first-order chi connectivity index (χ1) is 15.2. The molecule has 8 heteroatoms. The van der Waals surface area contributed by atoms with E-state index < -0.39 is 15.8 Å². The Labute approximate surface area is 186 Å². The highest BCUT2D eigenvalue weighted by atomic mass is 32.2. The Morgan fingerprint density at radius 2 is 1.84 bits per heavy atom. The number of sulfonamides is 1. The summed E-state index contributed by atoms with van der Waals surface area (Å²) in [6.07, 6.45) is 0.800.